The molecule has 0 heterocycles. The van der Waals surface area contributed by atoms with E-state index >= 15 is 0 Å². The fourth-order valence-electron chi connectivity index (χ4n) is 0.173. The highest BCUT2D eigenvalue weighted by Gasteiger charge is 2.09. The molecule has 0 aliphatic heterocycles. The summed E-state index contributed by atoms with van der Waals surface area (Å²) < 4.78 is 0. The summed E-state index contributed by atoms with van der Waals surface area (Å²) in [5, 5.41) is 0. The quantitative estimate of drug-likeness (QED) is 0.249. The third-order valence-electron chi connectivity index (χ3n) is 0.445. The monoisotopic (exact) mass is 98.1 g/mol. The van der Waals surface area contributed by atoms with Crippen LogP contribution in [0.3, 0.4) is 0 Å². The molecule has 0 rings (SSSR count). The third-order valence-corrected chi connectivity index (χ3v) is 0.445. The van der Waals surface area contributed by atoms with Crippen LogP contribution in [0.2, 0.25) is 0 Å². The van der Waals surface area contributed by atoms with Gasteiger partial charge in [0.2, 0.25) is 0 Å². The minimum Gasteiger partial charge on any atom is -0.362 e. The first-order chi connectivity index (χ1) is 3.06. The van der Waals surface area contributed by atoms with Crippen LogP contribution in [-0.2, 0) is 0 Å². The van der Waals surface area contributed by atoms with Crippen LogP contribution in [-0.4, -0.2) is 11.0 Å². The van der Waals surface area contributed by atoms with E-state index in [-0.39, 0.29) is 5.41 Å². The Balaban J connectivity index is 3.80. The molecule has 0 aromatic rings. The van der Waals surface area contributed by atoms with Gasteiger partial charge >= 0.3 is 0 Å². The zero-order chi connectivity index (χ0) is 5.91. The zero-order valence-electron chi connectivity index (χ0n) is 4.97. The van der Waals surface area contributed by atoms with Gasteiger partial charge in [-0.2, -0.15) is 4.79 Å². The predicted molar refractivity (Wildman–Crippen MR) is 29.1 cm³/mol. The number of nitrogens with zero attached hydrogens (tertiary/aromatic N) is 2. The highest BCUT2D eigenvalue weighted by atomic mass is 14.8. The third kappa shape index (κ3) is 5.38. The Morgan fingerprint density at radius 1 is 1.43 bits per heavy atom. The summed E-state index contributed by atoms with van der Waals surface area (Å²) in [6, 6.07) is 0. The van der Waals surface area contributed by atoms with Gasteiger partial charge < -0.3 is 5.53 Å². The van der Waals surface area contributed by atoms with Crippen LogP contribution in [0.1, 0.15) is 20.8 Å². The highest BCUT2D eigenvalue weighted by molar-refractivity contribution is 5.57. The van der Waals surface area contributed by atoms with E-state index in [0.717, 1.165) is 0 Å². The molecule has 40 valence electrons. The van der Waals surface area contributed by atoms with Crippen molar-refractivity contribution in [3.8, 4) is 0 Å². The zero-order valence-corrected chi connectivity index (χ0v) is 4.97. The van der Waals surface area contributed by atoms with Gasteiger partial charge in [-0.1, -0.05) is 0 Å². The summed E-state index contributed by atoms with van der Waals surface area (Å²) in [6.07, 6.45) is 1.49. The standard InChI is InChI=1S/C5H10N2/c1-5(2,3)4-7-6/h4H,1-3H3. The van der Waals surface area contributed by atoms with Gasteiger partial charge in [0, 0.05) is 0 Å². The van der Waals surface area contributed by atoms with Crippen molar-refractivity contribution in [1.29, 1.82) is 0 Å². The molecule has 0 spiro atoms. The first-order valence-corrected chi connectivity index (χ1v) is 2.25. The molecule has 2 nitrogen and oxygen atoms in total. The number of hydrogen-bond donors (Lipinski definition) is 0. The summed E-state index contributed by atoms with van der Waals surface area (Å²) in [5.41, 5.74) is 7.98. The van der Waals surface area contributed by atoms with Crippen LogP contribution in [0.4, 0.5) is 0 Å². The van der Waals surface area contributed by atoms with Gasteiger partial charge in [-0.05, 0) is 20.8 Å². The Labute approximate surface area is 43.8 Å². The highest BCUT2D eigenvalue weighted by Crippen LogP contribution is 2.05. The summed E-state index contributed by atoms with van der Waals surface area (Å²) in [7, 11) is 0. The topological polar surface area (TPSA) is 36.4 Å². The van der Waals surface area contributed by atoms with Crippen molar-refractivity contribution in [1.82, 2.24) is 0 Å². The lowest BCUT2D eigenvalue weighted by Crippen LogP contribution is -2.05. The molecule has 0 amide bonds. The maximum absolute atomic E-state index is 7.97. The van der Waals surface area contributed by atoms with Crippen molar-refractivity contribution in [3.05, 3.63) is 5.53 Å². The van der Waals surface area contributed by atoms with Crippen LogP contribution in [0.5, 0.6) is 0 Å². The van der Waals surface area contributed by atoms with Crippen LogP contribution < -0.4 is 0 Å². The largest absolute Gasteiger partial charge is 0.362 e. The maximum Gasteiger partial charge on any atom is 0.262 e. The lowest BCUT2D eigenvalue weighted by atomic mass is 10.00. The van der Waals surface area contributed by atoms with E-state index in [1.54, 1.807) is 0 Å². The second kappa shape index (κ2) is 1.90. The average Bonchev–Trinajstić information content (AvgIpc) is 1.30. The van der Waals surface area contributed by atoms with Gasteiger partial charge in [0.1, 0.15) is 0 Å². The number of rotatable bonds is 0. The van der Waals surface area contributed by atoms with E-state index in [2.05, 4.69) is 4.79 Å². The van der Waals surface area contributed by atoms with Gasteiger partial charge in [-0.25, -0.2) is 0 Å². The molecule has 0 N–H and O–H groups in total. The fraction of sp³-hybridized carbons (Fsp3) is 0.800. The minimum absolute atomic E-state index is 0.00868. The van der Waals surface area contributed by atoms with Crippen molar-refractivity contribution in [2.75, 3.05) is 0 Å². The smallest absolute Gasteiger partial charge is 0.262 e. The molecular formula is C5H10N2. The van der Waals surface area contributed by atoms with Gasteiger partial charge in [-0.3, -0.25) is 0 Å². The maximum atomic E-state index is 7.97. The molecule has 0 saturated carbocycles. The molecule has 0 aliphatic carbocycles. The molecule has 0 aromatic heterocycles. The van der Waals surface area contributed by atoms with Crippen molar-refractivity contribution < 1.29 is 4.79 Å². The lowest BCUT2D eigenvalue weighted by Gasteiger charge is -2.00. The van der Waals surface area contributed by atoms with E-state index in [9.17, 15) is 0 Å². The Hall–Kier alpha value is -0.620. The van der Waals surface area contributed by atoms with Crippen LogP contribution in [0, 0.1) is 5.41 Å². The Kier molecular flexibility index (Phi) is 1.73. The Morgan fingerprint density at radius 2 is 1.86 bits per heavy atom. The van der Waals surface area contributed by atoms with E-state index in [0.29, 0.717) is 0 Å². The molecule has 7 heavy (non-hydrogen) atoms. The van der Waals surface area contributed by atoms with E-state index in [1.165, 1.54) is 6.21 Å². The SMILES string of the molecule is CC(C)(C)C=[N+]=[N-]. The molecule has 0 aromatic carbocycles. The molecule has 0 saturated heterocycles. The van der Waals surface area contributed by atoms with Gasteiger partial charge in [0.05, 0.1) is 5.41 Å². The van der Waals surface area contributed by atoms with Crippen molar-refractivity contribution in [3.63, 3.8) is 0 Å². The molecule has 0 radical (unpaired) electrons. The lowest BCUT2D eigenvalue weighted by molar-refractivity contribution is -0.00681. The van der Waals surface area contributed by atoms with Crippen LogP contribution in [0.25, 0.3) is 5.53 Å². The molecule has 0 bridgehead atoms. The van der Waals surface area contributed by atoms with Crippen molar-refractivity contribution >= 4 is 6.21 Å². The van der Waals surface area contributed by atoms with Gasteiger partial charge in [-0.15, -0.1) is 0 Å². The second-order valence-electron chi connectivity index (χ2n) is 2.61. The summed E-state index contributed by atoms with van der Waals surface area (Å²) >= 11 is 0. The van der Waals surface area contributed by atoms with Gasteiger partial charge in [0.25, 0.3) is 6.21 Å². The fourth-order valence-corrected chi connectivity index (χ4v) is 0.173. The summed E-state index contributed by atoms with van der Waals surface area (Å²) in [6.45, 7) is 5.90. The van der Waals surface area contributed by atoms with E-state index in [4.69, 9.17) is 5.53 Å². The van der Waals surface area contributed by atoms with Gasteiger partial charge in [0.15, 0.2) is 0 Å². The second-order valence-corrected chi connectivity index (χ2v) is 2.61. The predicted octanol–water partition coefficient (Wildman–Crippen LogP) is 1.33. The Bertz CT molecular complexity index is 93.1. The summed E-state index contributed by atoms with van der Waals surface area (Å²) in [4.78, 5) is 2.88. The number of hydrogen-bond acceptors (Lipinski definition) is 0. The van der Waals surface area contributed by atoms with Crippen LogP contribution in [0.15, 0.2) is 0 Å². The first-order valence-electron chi connectivity index (χ1n) is 2.25. The normalized spacial score (nSPS) is 10.1. The molecule has 0 aliphatic rings. The molecular weight excluding hydrogens is 88.1 g/mol. The van der Waals surface area contributed by atoms with E-state index < -0.39 is 0 Å². The first kappa shape index (κ1) is 6.38. The van der Waals surface area contributed by atoms with Crippen molar-refractivity contribution in [2.24, 2.45) is 5.41 Å². The van der Waals surface area contributed by atoms with E-state index in [1.807, 2.05) is 20.8 Å². The molecule has 0 fully saturated rings. The van der Waals surface area contributed by atoms with Crippen molar-refractivity contribution in [2.45, 2.75) is 20.8 Å². The molecule has 0 atom stereocenters. The Morgan fingerprint density at radius 3 is 1.86 bits per heavy atom. The van der Waals surface area contributed by atoms with Crippen LogP contribution >= 0.6 is 0 Å². The molecule has 2 heteroatoms. The average molecular weight is 98.1 g/mol. The molecule has 0 unspecified atom stereocenters. The summed E-state index contributed by atoms with van der Waals surface area (Å²) in [5.74, 6) is 0. The minimum atomic E-state index is 0.00868.